The number of fused-ring (bicyclic) bond motifs is 2. The molecule has 0 atom stereocenters. The molecule has 0 bridgehead atoms. The van der Waals surface area contributed by atoms with Crippen molar-refractivity contribution in [1.82, 2.24) is 14.4 Å². The number of nitrogens with zero attached hydrogens (tertiary/aromatic N) is 3. The standard InChI is InChI=1S/C20H21N3O5S/c24-29(25,13-17-16-3-1-2-4-18(16)28-21-17)23-9-7-22(8-10-23)12-15-5-6-19-20(11-15)27-14-26-19/h1-6,11H,7-10,12-14H2. The van der Waals surface area contributed by atoms with Gasteiger partial charge in [0.2, 0.25) is 16.8 Å². The average molecular weight is 415 g/mol. The van der Waals surface area contributed by atoms with Gasteiger partial charge in [0, 0.05) is 38.1 Å². The van der Waals surface area contributed by atoms with E-state index in [1.54, 1.807) is 10.4 Å². The molecule has 152 valence electrons. The Labute approximate surface area is 168 Å². The smallest absolute Gasteiger partial charge is 0.231 e. The summed E-state index contributed by atoms with van der Waals surface area (Å²) in [5.74, 6) is 1.39. The number of rotatable bonds is 5. The molecule has 0 aliphatic carbocycles. The fourth-order valence-corrected chi connectivity index (χ4v) is 5.23. The first kappa shape index (κ1) is 18.4. The highest BCUT2D eigenvalue weighted by Crippen LogP contribution is 2.33. The molecule has 5 rings (SSSR count). The van der Waals surface area contributed by atoms with Gasteiger partial charge in [0.05, 0.1) is 0 Å². The van der Waals surface area contributed by atoms with Crippen LogP contribution in [-0.4, -0.2) is 55.8 Å². The highest BCUT2D eigenvalue weighted by molar-refractivity contribution is 7.88. The van der Waals surface area contributed by atoms with Crippen LogP contribution < -0.4 is 9.47 Å². The number of aromatic nitrogens is 1. The maximum Gasteiger partial charge on any atom is 0.231 e. The van der Waals surface area contributed by atoms with Gasteiger partial charge >= 0.3 is 0 Å². The van der Waals surface area contributed by atoms with Crippen LogP contribution in [0.2, 0.25) is 0 Å². The second-order valence-corrected chi connectivity index (χ2v) is 9.21. The zero-order valence-corrected chi connectivity index (χ0v) is 16.6. The Morgan fingerprint density at radius 2 is 1.76 bits per heavy atom. The highest BCUT2D eigenvalue weighted by Gasteiger charge is 2.29. The first-order valence-corrected chi connectivity index (χ1v) is 11.1. The minimum atomic E-state index is -3.45. The molecule has 29 heavy (non-hydrogen) atoms. The van der Waals surface area contributed by atoms with Crippen molar-refractivity contribution in [3.63, 3.8) is 0 Å². The van der Waals surface area contributed by atoms with E-state index in [-0.39, 0.29) is 12.5 Å². The Morgan fingerprint density at radius 1 is 0.966 bits per heavy atom. The number of piperazine rings is 1. The van der Waals surface area contributed by atoms with Crippen molar-refractivity contribution in [2.24, 2.45) is 0 Å². The Kier molecular flexibility index (Phi) is 4.65. The van der Waals surface area contributed by atoms with Crippen molar-refractivity contribution in [2.75, 3.05) is 33.0 Å². The van der Waals surface area contributed by atoms with Crippen LogP contribution in [-0.2, 0) is 22.3 Å². The average Bonchev–Trinajstić information content (AvgIpc) is 3.35. The maximum absolute atomic E-state index is 12.9. The van der Waals surface area contributed by atoms with Crippen LogP contribution >= 0.6 is 0 Å². The number of ether oxygens (including phenoxy) is 2. The van der Waals surface area contributed by atoms with E-state index in [9.17, 15) is 8.42 Å². The lowest BCUT2D eigenvalue weighted by Crippen LogP contribution is -2.48. The lowest BCUT2D eigenvalue weighted by atomic mass is 10.2. The van der Waals surface area contributed by atoms with Gasteiger partial charge in [0.25, 0.3) is 0 Å². The lowest BCUT2D eigenvalue weighted by Gasteiger charge is -2.33. The maximum atomic E-state index is 12.9. The summed E-state index contributed by atoms with van der Waals surface area (Å²) in [5, 5.41) is 4.71. The van der Waals surface area contributed by atoms with E-state index in [0.29, 0.717) is 37.5 Å². The van der Waals surface area contributed by atoms with Crippen molar-refractivity contribution >= 4 is 21.0 Å². The number of benzene rings is 2. The zero-order chi connectivity index (χ0) is 19.8. The first-order chi connectivity index (χ1) is 14.1. The summed E-state index contributed by atoms with van der Waals surface area (Å²) in [6.07, 6.45) is 0. The third-order valence-electron chi connectivity index (χ3n) is 5.34. The fraction of sp³-hybridized carbons (Fsp3) is 0.350. The molecule has 1 aromatic heterocycles. The third kappa shape index (κ3) is 3.68. The van der Waals surface area contributed by atoms with E-state index in [4.69, 9.17) is 14.0 Å². The topological polar surface area (TPSA) is 85.1 Å². The molecule has 3 heterocycles. The van der Waals surface area contributed by atoms with Crippen LogP contribution in [0.5, 0.6) is 11.5 Å². The molecule has 0 saturated carbocycles. The molecule has 0 radical (unpaired) electrons. The van der Waals surface area contributed by atoms with Crippen LogP contribution in [0.1, 0.15) is 11.3 Å². The van der Waals surface area contributed by atoms with E-state index >= 15 is 0 Å². The normalized spacial score (nSPS) is 17.8. The van der Waals surface area contributed by atoms with Gasteiger partial charge in [0.1, 0.15) is 11.4 Å². The monoisotopic (exact) mass is 415 g/mol. The molecule has 1 saturated heterocycles. The predicted octanol–water partition coefficient (Wildman–Crippen LogP) is 2.20. The summed E-state index contributed by atoms with van der Waals surface area (Å²) < 4.78 is 43.3. The predicted molar refractivity (Wildman–Crippen MR) is 106 cm³/mol. The molecule has 0 spiro atoms. The van der Waals surface area contributed by atoms with Crippen LogP contribution in [0.25, 0.3) is 11.0 Å². The van der Waals surface area contributed by atoms with E-state index in [1.807, 2.05) is 36.4 Å². The quantitative estimate of drug-likeness (QED) is 0.632. The summed E-state index contributed by atoms with van der Waals surface area (Å²) in [6.45, 7) is 3.28. The van der Waals surface area contributed by atoms with Crippen molar-refractivity contribution in [2.45, 2.75) is 12.3 Å². The molecule has 9 heteroatoms. The van der Waals surface area contributed by atoms with Gasteiger partial charge in [-0.3, -0.25) is 4.90 Å². The summed E-state index contributed by atoms with van der Waals surface area (Å²) in [6, 6.07) is 13.2. The van der Waals surface area contributed by atoms with E-state index in [1.165, 1.54) is 0 Å². The van der Waals surface area contributed by atoms with Gasteiger partial charge in [-0.25, -0.2) is 8.42 Å². The minimum Gasteiger partial charge on any atom is -0.454 e. The largest absolute Gasteiger partial charge is 0.454 e. The molecular formula is C20H21N3O5S. The summed E-state index contributed by atoms with van der Waals surface area (Å²) in [4.78, 5) is 2.25. The molecule has 0 amide bonds. The zero-order valence-electron chi connectivity index (χ0n) is 15.8. The Morgan fingerprint density at radius 3 is 2.62 bits per heavy atom. The van der Waals surface area contributed by atoms with Crippen molar-refractivity contribution in [3.05, 3.63) is 53.7 Å². The van der Waals surface area contributed by atoms with Crippen molar-refractivity contribution < 1.29 is 22.4 Å². The van der Waals surface area contributed by atoms with Crippen LogP contribution in [0.3, 0.4) is 0 Å². The molecule has 2 aromatic carbocycles. The van der Waals surface area contributed by atoms with Crippen molar-refractivity contribution in [1.29, 1.82) is 0 Å². The molecule has 2 aliphatic rings. The van der Waals surface area contributed by atoms with Crippen LogP contribution in [0, 0.1) is 0 Å². The Hall–Kier alpha value is -2.62. The van der Waals surface area contributed by atoms with Gasteiger partial charge in [-0.15, -0.1) is 0 Å². The van der Waals surface area contributed by atoms with E-state index in [0.717, 1.165) is 29.0 Å². The van der Waals surface area contributed by atoms with Gasteiger partial charge in [-0.2, -0.15) is 4.31 Å². The SMILES string of the molecule is O=S(=O)(Cc1noc2ccccc12)N1CCN(Cc2ccc3c(c2)OCO3)CC1. The molecule has 8 nitrogen and oxygen atoms in total. The lowest BCUT2D eigenvalue weighted by molar-refractivity contribution is 0.173. The molecule has 0 N–H and O–H groups in total. The second-order valence-electron chi connectivity index (χ2n) is 7.24. The first-order valence-electron chi connectivity index (χ1n) is 9.50. The van der Waals surface area contributed by atoms with E-state index in [2.05, 4.69) is 10.1 Å². The van der Waals surface area contributed by atoms with Gasteiger partial charge in [0.15, 0.2) is 17.1 Å². The number of sulfonamides is 1. The van der Waals surface area contributed by atoms with Gasteiger partial charge < -0.3 is 14.0 Å². The second kappa shape index (κ2) is 7.33. The summed E-state index contributed by atoms with van der Waals surface area (Å²) >= 11 is 0. The molecule has 2 aliphatic heterocycles. The Bertz CT molecular complexity index is 1140. The van der Waals surface area contributed by atoms with Crippen LogP contribution in [0.15, 0.2) is 47.0 Å². The number of hydrogen-bond donors (Lipinski definition) is 0. The fourth-order valence-electron chi connectivity index (χ4n) is 3.77. The summed E-state index contributed by atoms with van der Waals surface area (Å²) in [7, 11) is -3.45. The third-order valence-corrected chi connectivity index (χ3v) is 7.13. The number of hydrogen-bond acceptors (Lipinski definition) is 7. The molecule has 0 unspecified atom stereocenters. The van der Waals surface area contributed by atoms with Gasteiger partial charge in [-0.05, 0) is 29.8 Å². The Balaban J connectivity index is 1.21. The van der Waals surface area contributed by atoms with Gasteiger partial charge in [-0.1, -0.05) is 23.4 Å². The molecular weight excluding hydrogens is 394 g/mol. The highest BCUT2D eigenvalue weighted by atomic mass is 32.2. The molecule has 3 aromatic rings. The van der Waals surface area contributed by atoms with Crippen LogP contribution in [0.4, 0.5) is 0 Å². The number of para-hydroxylation sites is 1. The van der Waals surface area contributed by atoms with Crippen molar-refractivity contribution in [3.8, 4) is 11.5 Å². The molecule has 1 fully saturated rings. The van der Waals surface area contributed by atoms with E-state index < -0.39 is 10.0 Å². The minimum absolute atomic E-state index is 0.147. The summed E-state index contributed by atoms with van der Waals surface area (Å²) in [5.41, 5.74) is 2.19.